The number of aromatic nitrogens is 2. The molecule has 16 heavy (non-hydrogen) atoms. The number of halogens is 2. The molecule has 88 valence electrons. The molecule has 1 heterocycles. The minimum atomic E-state index is 0. The molecule has 0 atom stereocenters. The van der Waals surface area contributed by atoms with Crippen LogP contribution < -0.4 is 5.73 Å². The van der Waals surface area contributed by atoms with Gasteiger partial charge in [-0.05, 0) is 30.5 Å². The maximum atomic E-state index is 5.62. The Morgan fingerprint density at radius 3 is 2.38 bits per heavy atom. The van der Waals surface area contributed by atoms with Crippen LogP contribution in [0.15, 0.2) is 41.8 Å². The van der Waals surface area contributed by atoms with Crippen molar-refractivity contribution in [2.24, 2.45) is 0 Å². The fourth-order valence-electron chi connectivity index (χ4n) is 1.27. The van der Waals surface area contributed by atoms with Crippen LogP contribution in [0.1, 0.15) is 0 Å². The van der Waals surface area contributed by atoms with Gasteiger partial charge in [0.15, 0.2) is 5.16 Å². The zero-order valence-corrected chi connectivity index (χ0v) is 11.1. The number of nitrogens with zero attached hydrogens (tertiary/aromatic N) is 2. The SMILES string of the molecule is CSc1nccn1-c1ccc(N)cc1.Cl.Cl. The monoisotopic (exact) mass is 277 g/mol. The Balaban J connectivity index is 0.00000112. The van der Waals surface area contributed by atoms with Crippen molar-refractivity contribution in [2.45, 2.75) is 5.16 Å². The maximum absolute atomic E-state index is 5.62. The Kier molecular flexibility index (Phi) is 6.33. The van der Waals surface area contributed by atoms with Crippen molar-refractivity contribution < 1.29 is 0 Å². The third kappa shape index (κ3) is 3.07. The van der Waals surface area contributed by atoms with Crippen LogP contribution in [-0.2, 0) is 0 Å². The van der Waals surface area contributed by atoms with Crippen LogP contribution in [0.5, 0.6) is 0 Å². The molecule has 0 aliphatic heterocycles. The molecule has 0 saturated heterocycles. The predicted octanol–water partition coefficient (Wildman–Crippen LogP) is 3.02. The first-order valence-electron chi connectivity index (χ1n) is 4.24. The molecule has 0 unspecified atom stereocenters. The van der Waals surface area contributed by atoms with Gasteiger partial charge in [0.2, 0.25) is 0 Å². The molecule has 2 N–H and O–H groups in total. The van der Waals surface area contributed by atoms with Gasteiger partial charge in [-0.1, -0.05) is 11.8 Å². The summed E-state index contributed by atoms with van der Waals surface area (Å²) in [5.41, 5.74) is 7.48. The number of thioether (sulfide) groups is 1. The Morgan fingerprint density at radius 1 is 1.19 bits per heavy atom. The number of anilines is 1. The Hall–Kier alpha value is -0.840. The van der Waals surface area contributed by atoms with Gasteiger partial charge in [0.25, 0.3) is 0 Å². The molecule has 2 rings (SSSR count). The van der Waals surface area contributed by atoms with E-state index in [1.807, 2.05) is 41.3 Å². The van der Waals surface area contributed by atoms with E-state index in [1.54, 1.807) is 18.0 Å². The van der Waals surface area contributed by atoms with Crippen LogP contribution in [0.3, 0.4) is 0 Å². The Morgan fingerprint density at radius 2 is 1.81 bits per heavy atom. The lowest BCUT2D eigenvalue weighted by Gasteiger charge is -2.05. The Labute approximate surface area is 111 Å². The lowest BCUT2D eigenvalue weighted by Crippen LogP contribution is -1.94. The minimum absolute atomic E-state index is 0. The first kappa shape index (κ1) is 15.2. The van der Waals surface area contributed by atoms with E-state index in [-0.39, 0.29) is 24.8 Å². The van der Waals surface area contributed by atoms with Gasteiger partial charge in [0.1, 0.15) is 0 Å². The van der Waals surface area contributed by atoms with E-state index in [1.165, 1.54) is 0 Å². The molecule has 1 aromatic carbocycles. The van der Waals surface area contributed by atoms with E-state index in [0.29, 0.717) is 0 Å². The van der Waals surface area contributed by atoms with Gasteiger partial charge in [-0.25, -0.2) is 4.98 Å². The summed E-state index contributed by atoms with van der Waals surface area (Å²) in [6, 6.07) is 7.74. The summed E-state index contributed by atoms with van der Waals surface area (Å²) in [5, 5.41) is 0.981. The molecule has 6 heteroatoms. The molecule has 0 spiro atoms. The van der Waals surface area contributed by atoms with Crippen LogP contribution in [-0.4, -0.2) is 15.8 Å². The second kappa shape index (κ2) is 6.68. The summed E-state index contributed by atoms with van der Waals surface area (Å²) in [5.74, 6) is 0. The molecular formula is C10H13Cl2N3S. The summed E-state index contributed by atoms with van der Waals surface area (Å²) in [6.07, 6.45) is 5.75. The van der Waals surface area contributed by atoms with Crippen LogP contribution >= 0.6 is 36.6 Å². The molecule has 0 bridgehead atoms. The normalized spacial score (nSPS) is 9.06. The number of imidazole rings is 1. The average molecular weight is 278 g/mol. The summed E-state index contributed by atoms with van der Waals surface area (Å²) in [4.78, 5) is 4.23. The van der Waals surface area contributed by atoms with E-state index in [4.69, 9.17) is 5.73 Å². The lowest BCUT2D eigenvalue weighted by atomic mass is 10.3. The molecule has 0 aliphatic carbocycles. The van der Waals surface area contributed by atoms with Crippen molar-refractivity contribution in [1.82, 2.24) is 9.55 Å². The van der Waals surface area contributed by atoms with Crippen LogP contribution in [0.25, 0.3) is 5.69 Å². The van der Waals surface area contributed by atoms with Crippen molar-refractivity contribution in [3.8, 4) is 5.69 Å². The average Bonchev–Trinajstić information content (AvgIpc) is 2.67. The van der Waals surface area contributed by atoms with E-state index in [0.717, 1.165) is 16.5 Å². The van der Waals surface area contributed by atoms with Crippen molar-refractivity contribution in [1.29, 1.82) is 0 Å². The third-order valence-electron chi connectivity index (χ3n) is 1.96. The van der Waals surface area contributed by atoms with Gasteiger partial charge < -0.3 is 5.73 Å². The molecule has 2 aromatic rings. The van der Waals surface area contributed by atoms with Crippen molar-refractivity contribution in [3.05, 3.63) is 36.7 Å². The second-order valence-electron chi connectivity index (χ2n) is 2.88. The topological polar surface area (TPSA) is 43.8 Å². The minimum Gasteiger partial charge on any atom is -0.399 e. The largest absolute Gasteiger partial charge is 0.399 e. The van der Waals surface area contributed by atoms with Gasteiger partial charge in [-0.15, -0.1) is 24.8 Å². The highest BCUT2D eigenvalue weighted by Crippen LogP contribution is 2.18. The fourth-order valence-corrected chi connectivity index (χ4v) is 1.80. The van der Waals surface area contributed by atoms with E-state index in [9.17, 15) is 0 Å². The Bertz CT molecular complexity index is 428. The number of hydrogen-bond donors (Lipinski definition) is 1. The van der Waals surface area contributed by atoms with Crippen LogP contribution in [0.4, 0.5) is 5.69 Å². The highest BCUT2D eigenvalue weighted by molar-refractivity contribution is 7.98. The summed E-state index contributed by atoms with van der Waals surface area (Å²) >= 11 is 1.62. The smallest absolute Gasteiger partial charge is 0.172 e. The van der Waals surface area contributed by atoms with E-state index < -0.39 is 0 Å². The van der Waals surface area contributed by atoms with Gasteiger partial charge in [0.05, 0.1) is 0 Å². The predicted molar refractivity (Wildman–Crippen MR) is 74.3 cm³/mol. The number of benzene rings is 1. The van der Waals surface area contributed by atoms with Crippen molar-refractivity contribution in [3.63, 3.8) is 0 Å². The van der Waals surface area contributed by atoms with Gasteiger partial charge >= 0.3 is 0 Å². The fraction of sp³-hybridized carbons (Fsp3) is 0.100. The highest BCUT2D eigenvalue weighted by atomic mass is 35.5. The van der Waals surface area contributed by atoms with Gasteiger partial charge in [0, 0.05) is 23.8 Å². The van der Waals surface area contributed by atoms with Gasteiger partial charge in [-0.3, -0.25) is 4.57 Å². The first-order chi connectivity index (χ1) is 6.81. The quantitative estimate of drug-likeness (QED) is 0.678. The van der Waals surface area contributed by atoms with Crippen molar-refractivity contribution >= 4 is 42.3 Å². The number of nitrogen functional groups attached to an aromatic ring is 1. The molecule has 3 nitrogen and oxygen atoms in total. The number of hydrogen-bond acceptors (Lipinski definition) is 3. The second-order valence-corrected chi connectivity index (χ2v) is 3.65. The van der Waals surface area contributed by atoms with Crippen molar-refractivity contribution in [2.75, 3.05) is 12.0 Å². The standard InChI is InChI=1S/C10H11N3S.2ClH/c1-14-10-12-6-7-13(10)9-4-2-8(11)3-5-9;;/h2-7H,11H2,1H3;2*1H. The van der Waals surface area contributed by atoms with E-state index >= 15 is 0 Å². The number of nitrogens with two attached hydrogens (primary N) is 1. The molecule has 0 radical (unpaired) electrons. The molecular weight excluding hydrogens is 265 g/mol. The maximum Gasteiger partial charge on any atom is 0.172 e. The highest BCUT2D eigenvalue weighted by Gasteiger charge is 2.02. The van der Waals surface area contributed by atoms with E-state index in [2.05, 4.69) is 4.98 Å². The molecule has 0 amide bonds. The molecule has 0 saturated carbocycles. The lowest BCUT2D eigenvalue weighted by molar-refractivity contribution is 0.898. The summed E-state index contributed by atoms with van der Waals surface area (Å²) < 4.78 is 2.03. The zero-order chi connectivity index (χ0) is 9.97. The molecule has 1 aromatic heterocycles. The molecule has 0 aliphatic rings. The summed E-state index contributed by atoms with van der Waals surface area (Å²) in [7, 11) is 0. The third-order valence-corrected chi connectivity index (χ3v) is 2.63. The first-order valence-corrected chi connectivity index (χ1v) is 5.47. The summed E-state index contributed by atoms with van der Waals surface area (Å²) in [6.45, 7) is 0. The zero-order valence-electron chi connectivity index (χ0n) is 8.66. The van der Waals surface area contributed by atoms with Crippen LogP contribution in [0.2, 0.25) is 0 Å². The van der Waals surface area contributed by atoms with Crippen LogP contribution in [0, 0.1) is 0 Å². The van der Waals surface area contributed by atoms with Gasteiger partial charge in [-0.2, -0.15) is 0 Å². The number of rotatable bonds is 2. The molecule has 0 fully saturated rings.